The zero-order valence-corrected chi connectivity index (χ0v) is 15.7. The van der Waals surface area contributed by atoms with Crippen molar-refractivity contribution in [3.63, 3.8) is 0 Å². The minimum atomic E-state index is -0.430. The smallest absolute Gasteiger partial charge is 0.243 e. The Kier molecular flexibility index (Phi) is 7.11. The summed E-state index contributed by atoms with van der Waals surface area (Å²) in [4.78, 5) is 36.6. The number of carbonyl (C=O) groups excluding carboxylic acids is 3. The van der Waals surface area contributed by atoms with Crippen molar-refractivity contribution >= 4 is 29.1 Å². The van der Waals surface area contributed by atoms with Crippen LogP contribution in [0.25, 0.3) is 11.6 Å². The van der Waals surface area contributed by atoms with Gasteiger partial charge in [0.05, 0.1) is 19.8 Å². The second-order valence-electron chi connectivity index (χ2n) is 5.92. The second-order valence-corrected chi connectivity index (χ2v) is 5.92. The summed E-state index contributed by atoms with van der Waals surface area (Å²) in [6.07, 6.45) is 6.14. The van der Waals surface area contributed by atoms with Gasteiger partial charge in [-0.1, -0.05) is 31.5 Å². The third-order valence-electron chi connectivity index (χ3n) is 4.02. The molecule has 0 saturated heterocycles. The number of nitrogens with one attached hydrogen (secondary N) is 1. The first-order valence-corrected chi connectivity index (χ1v) is 8.71. The molecule has 0 spiro atoms. The van der Waals surface area contributed by atoms with E-state index in [0.717, 1.165) is 24.5 Å². The van der Waals surface area contributed by atoms with Gasteiger partial charge in [-0.15, -0.1) is 0 Å². The van der Waals surface area contributed by atoms with Gasteiger partial charge in [0.25, 0.3) is 0 Å². The van der Waals surface area contributed by atoms with Crippen molar-refractivity contribution in [3.8, 4) is 0 Å². The molecule has 1 amide bonds. The Balaban J connectivity index is 2.29. The number of ether oxygens (including phenoxy) is 2. The maximum absolute atomic E-state index is 12.6. The van der Waals surface area contributed by atoms with Crippen LogP contribution in [0, 0.1) is 0 Å². The summed E-state index contributed by atoms with van der Waals surface area (Å²) in [5, 5.41) is 2.80. The minimum absolute atomic E-state index is 0.0285. The quantitative estimate of drug-likeness (QED) is 0.433. The van der Waals surface area contributed by atoms with Crippen LogP contribution >= 0.6 is 0 Å². The van der Waals surface area contributed by atoms with Gasteiger partial charge >= 0.3 is 0 Å². The number of methoxy groups -OCH3 is 2. The standard InChI is InChI=1S/C21H23NO5/c1-4-5-11-22-18(24)10-9-14-7-6-8-15(12-14)19-20(25)17(26-2)13-16(23)21(19)27-3/h6-10,12-13H,4-5,11H2,1-3H3,(H,22,24)/b10-9+. The average Bonchev–Trinajstić information content (AvgIpc) is 2.67. The minimum Gasteiger partial charge on any atom is -0.492 e. The van der Waals surface area contributed by atoms with Crippen molar-refractivity contribution in [1.29, 1.82) is 0 Å². The summed E-state index contributed by atoms with van der Waals surface area (Å²) in [6, 6.07) is 6.96. The fourth-order valence-corrected chi connectivity index (χ4v) is 2.63. The van der Waals surface area contributed by atoms with E-state index >= 15 is 0 Å². The van der Waals surface area contributed by atoms with Crippen molar-refractivity contribution in [2.24, 2.45) is 0 Å². The molecule has 1 aromatic rings. The molecule has 0 aromatic heterocycles. The molecule has 1 aliphatic rings. The van der Waals surface area contributed by atoms with E-state index in [1.165, 1.54) is 20.3 Å². The number of hydrogen-bond donors (Lipinski definition) is 1. The van der Waals surface area contributed by atoms with Gasteiger partial charge in [0.2, 0.25) is 17.5 Å². The zero-order valence-electron chi connectivity index (χ0n) is 15.7. The zero-order chi connectivity index (χ0) is 19.8. The molecule has 0 heterocycles. The molecule has 6 heteroatoms. The van der Waals surface area contributed by atoms with Crippen LogP contribution < -0.4 is 5.32 Å². The van der Waals surface area contributed by atoms with Crippen LogP contribution in [0.5, 0.6) is 0 Å². The highest BCUT2D eigenvalue weighted by Gasteiger charge is 2.31. The van der Waals surface area contributed by atoms with Crippen LogP contribution in [0.4, 0.5) is 0 Å². The molecule has 0 aliphatic heterocycles. The fraction of sp³-hybridized carbons (Fsp3) is 0.286. The van der Waals surface area contributed by atoms with E-state index in [9.17, 15) is 14.4 Å². The largest absolute Gasteiger partial charge is 0.492 e. The lowest BCUT2D eigenvalue weighted by Gasteiger charge is -2.17. The highest BCUT2D eigenvalue weighted by molar-refractivity contribution is 6.36. The normalized spacial score (nSPS) is 14.4. The van der Waals surface area contributed by atoms with Crippen molar-refractivity contribution < 1.29 is 23.9 Å². The molecule has 27 heavy (non-hydrogen) atoms. The number of amides is 1. The highest BCUT2D eigenvalue weighted by Crippen LogP contribution is 2.29. The molecule has 0 radical (unpaired) electrons. The van der Waals surface area contributed by atoms with E-state index in [1.807, 2.05) is 0 Å². The molecule has 0 saturated carbocycles. The van der Waals surface area contributed by atoms with Gasteiger partial charge < -0.3 is 14.8 Å². The number of rotatable bonds is 8. The third-order valence-corrected chi connectivity index (χ3v) is 4.02. The van der Waals surface area contributed by atoms with E-state index < -0.39 is 11.6 Å². The molecule has 6 nitrogen and oxygen atoms in total. The number of allylic oxidation sites excluding steroid dienone is 2. The van der Waals surface area contributed by atoms with Crippen LogP contribution in [-0.4, -0.2) is 38.2 Å². The van der Waals surface area contributed by atoms with Gasteiger partial charge in [0.1, 0.15) is 0 Å². The Morgan fingerprint density at radius 2 is 1.96 bits per heavy atom. The fourth-order valence-electron chi connectivity index (χ4n) is 2.63. The summed E-state index contributed by atoms with van der Waals surface area (Å²) in [6.45, 7) is 2.68. The molecule has 142 valence electrons. The van der Waals surface area contributed by atoms with Crippen LogP contribution in [0.15, 0.2) is 47.9 Å². The van der Waals surface area contributed by atoms with Gasteiger partial charge in [0.15, 0.2) is 11.5 Å². The number of hydrogen-bond acceptors (Lipinski definition) is 5. The highest BCUT2D eigenvalue weighted by atomic mass is 16.5. The topological polar surface area (TPSA) is 81.7 Å². The lowest BCUT2D eigenvalue weighted by Crippen LogP contribution is -2.21. The number of unbranched alkanes of at least 4 members (excludes halogenated alkanes) is 1. The van der Waals surface area contributed by atoms with Crippen LogP contribution in [0.3, 0.4) is 0 Å². The molecule has 1 aliphatic carbocycles. The van der Waals surface area contributed by atoms with Crippen LogP contribution in [0.1, 0.15) is 30.9 Å². The molecule has 0 unspecified atom stereocenters. The van der Waals surface area contributed by atoms with Gasteiger partial charge in [0, 0.05) is 18.7 Å². The molecular weight excluding hydrogens is 346 g/mol. The molecule has 0 atom stereocenters. The monoisotopic (exact) mass is 369 g/mol. The van der Waals surface area contributed by atoms with Gasteiger partial charge in [-0.2, -0.15) is 0 Å². The maximum Gasteiger partial charge on any atom is 0.243 e. The Bertz CT molecular complexity index is 833. The van der Waals surface area contributed by atoms with Crippen molar-refractivity contribution in [2.45, 2.75) is 19.8 Å². The number of carbonyl (C=O) groups is 3. The summed E-state index contributed by atoms with van der Waals surface area (Å²) >= 11 is 0. The predicted octanol–water partition coefficient (Wildman–Crippen LogP) is 2.66. The number of Topliss-reactive ketones (excluding diaryl/α,β-unsaturated/α-hetero) is 1. The van der Waals surface area contributed by atoms with Crippen LogP contribution in [0.2, 0.25) is 0 Å². The second kappa shape index (κ2) is 9.52. The first kappa shape index (κ1) is 20.2. The van der Waals surface area contributed by atoms with E-state index in [4.69, 9.17) is 9.47 Å². The lowest BCUT2D eigenvalue weighted by molar-refractivity contribution is -0.118. The SMILES string of the molecule is CCCCNC(=O)/C=C/c1cccc(C2=C(OC)C(=O)C=C(OC)C2=O)c1. The maximum atomic E-state index is 12.6. The van der Waals surface area contributed by atoms with Gasteiger partial charge in [-0.05, 0) is 29.7 Å². The summed E-state index contributed by atoms with van der Waals surface area (Å²) in [5.74, 6) is -1.10. The average molecular weight is 369 g/mol. The molecule has 2 rings (SSSR count). The number of ketones is 2. The number of benzene rings is 1. The third kappa shape index (κ3) is 4.94. The van der Waals surface area contributed by atoms with Crippen LogP contribution in [-0.2, 0) is 23.9 Å². The predicted molar refractivity (Wildman–Crippen MR) is 102 cm³/mol. The Morgan fingerprint density at radius 3 is 2.63 bits per heavy atom. The Hall–Kier alpha value is -3.15. The summed E-state index contributed by atoms with van der Waals surface area (Å²) < 4.78 is 10.2. The van der Waals surface area contributed by atoms with Gasteiger partial charge in [-0.25, -0.2) is 0 Å². The molecule has 0 fully saturated rings. The van der Waals surface area contributed by atoms with Crippen molar-refractivity contribution in [2.75, 3.05) is 20.8 Å². The molecule has 1 N–H and O–H groups in total. The summed E-state index contributed by atoms with van der Waals surface area (Å²) in [5.41, 5.74) is 1.38. The first-order valence-electron chi connectivity index (χ1n) is 8.71. The Labute approximate surface area is 158 Å². The molecular formula is C21H23NO5. The van der Waals surface area contributed by atoms with Crippen molar-refractivity contribution in [1.82, 2.24) is 5.32 Å². The van der Waals surface area contributed by atoms with E-state index in [0.29, 0.717) is 12.1 Å². The van der Waals surface area contributed by atoms with E-state index in [-0.39, 0.29) is 23.0 Å². The Morgan fingerprint density at radius 1 is 1.19 bits per heavy atom. The van der Waals surface area contributed by atoms with E-state index in [2.05, 4.69) is 12.2 Å². The molecule has 1 aromatic carbocycles. The first-order chi connectivity index (χ1) is 13.0. The lowest BCUT2D eigenvalue weighted by atomic mass is 9.92. The molecule has 0 bridgehead atoms. The van der Waals surface area contributed by atoms with Gasteiger partial charge in [-0.3, -0.25) is 14.4 Å². The van der Waals surface area contributed by atoms with E-state index in [1.54, 1.807) is 30.3 Å². The van der Waals surface area contributed by atoms with Crippen molar-refractivity contribution in [3.05, 3.63) is 59.1 Å². The summed E-state index contributed by atoms with van der Waals surface area (Å²) in [7, 11) is 2.68.